The Kier molecular flexibility index (Phi) is 18.7. The first-order valence-corrected chi connectivity index (χ1v) is 46.6. The SMILES string of the molecule is c1ccc2c(c1)ccc1cc(-c3nc4ccccc4nc3-c3ccc(-c4cccc5oc6ccccc6c45)cc3)ccc12.c1ccc2nc(-c3ccc(-n4c5ccccc5c5ccccc54)cc3)c(-c3ccc(-c4cccc5oc6ccccc6c45)cc3)nc2c1.c1ccc2nc(-c3ccc4c5ccccc5c5ccccc5c4c3)c(-c3ccc(-c4cccc5oc6ccccc6c45)cc3)nc2c1. The summed E-state index contributed by atoms with van der Waals surface area (Å²) < 4.78 is 20.8. The van der Waals surface area contributed by atoms with Crippen molar-refractivity contribution in [2.24, 2.45) is 0 Å². The fraction of sp³-hybridized carbons (Fsp3) is 0. The maximum absolute atomic E-state index is 6.18. The van der Waals surface area contributed by atoms with Gasteiger partial charge in [0.2, 0.25) is 0 Å². The van der Waals surface area contributed by atoms with E-state index in [-0.39, 0.29) is 0 Å². The lowest BCUT2D eigenvalue weighted by molar-refractivity contribution is 0.668. The summed E-state index contributed by atoms with van der Waals surface area (Å²) in [4.78, 5) is 31.1. The zero-order valence-electron chi connectivity index (χ0n) is 74.3. The molecule has 138 heavy (non-hydrogen) atoms. The van der Waals surface area contributed by atoms with Gasteiger partial charge in [-0.3, -0.25) is 0 Å². The standard InChI is InChI=1S/C44H27N3O.C44H26N2O.C40H24N2O/c1-6-16-38-33(10-1)34-11-2-7-17-39(34)47(38)31-26-24-30(25-27-31)44-43(45-36-14-4-5-15-37(36)46-44)29-22-20-28(21-23-29)32-13-9-19-41-42(32)35-12-3-8-18-40(35)48-41;1-2-12-33-31(10-1)32-11-3-4-13-34(32)37-26-29(24-25-35(33)37)44-43(45-38-16-6-7-17-39(38)46-44)28-22-20-27(21-23-28)30-15-9-19-41-42(30)36-14-5-8-18-40(36)47-41;1-2-9-30-25(8-1)18-21-28-24-29(22-23-31(28)30)40-39(41-34-12-4-5-13-35(34)42-40)27-19-16-26(17-20-27)32-11-7-15-37-38(32)33-10-3-6-14-36(33)43-37/h1-27H;1-26H;1-24H. The number of hydrogen-bond acceptors (Lipinski definition) is 9. The van der Waals surface area contributed by atoms with Gasteiger partial charge in [-0.2, -0.15) is 0 Å². The van der Waals surface area contributed by atoms with Gasteiger partial charge in [0.1, 0.15) is 33.5 Å². The monoisotopic (exact) mass is 1760 g/mol. The van der Waals surface area contributed by atoms with Gasteiger partial charge in [-0.1, -0.05) is 358 Å². The molecular weight excluding hydrogens is 1680 g/mol. The molecular formula is C128H77N7O3. The number of fused-ring (bicyclic) bond motifs is 24. The predicted octanol–water partition coefficient (Wildman–Crippen LogP) is 34.5. The van der Waals surface area contributed by atoms with Crippen LogP contribution in [0.1, 0.15) is 0 Å². The molecule has 0 radical (unpaired) electrons. The molecule has 0 bridgehead atoms. The Hall–Kier alpha value is -18.6. The maximum atomic E-state index is 6.18. The molecule has 10 nitrogen and oxygen atoms in total. The van der Waals surface area contributed by atoms with E-state index in [1.807, 2.05) is 127 Å². The van der Waals surface area contributed by atoms with Gasteiger partial charge in [0.15, 0.2) is 0 Å². The lowest BCUT2D eigenvalue weighted by Gasteiger charge is -2.14. The van der Waals surface area contributed by atoms with Gasteiger partial charge < -0.3 is 17.8 Å². The van der Waals surface area contributed by atoms with Crippen LogP contribution in [0.2, 0.25) is 0 Å². The first-order chi connectivity index (χ1) is 68.4. The zero-order valence-corrected chi connectivity index (χ0v) is 74.3. The number of aromatic nitrogens is 7. The number of hydrogen-bond donors (Lipinski definition) is 0. The van der Waals surface area contributed by atoms with E-state index in [2.05, 4.69) is 344 Å². The molecule has 0 amide bonds. The van der Waals surface area contributed by atoms with Crippen LogP contribution < -0.4 is 0 Å². The molecule has 0 aliphatic heterocycles. The Bertz CT molecular complexity index is 9900. The number of para-hydroxylation sites is 11. The molecule has 0 atom stereocenters. The van der Waals surface area contributed by atoms with Crippen molar-refractivity contribution in [2.75, 3.05) is 0 Å². The van der Waals surface area contributed by atoms with E-state index in [0.717, 1.165) is 206 Å². The van der Waals surface area contributed by atoms with Crippen molar-refractivity contribution >= 4 is 175 Å². The third-order valence-electron chi connectivity index (χ3n) is 27.3. The Morgan fingerprint density at radius 3 is 0.790 bits per heavy atom. The van der Waals surface area contributed by atoms with Crippen LogP contribution >= 0.6 is 0 Å². The highest BCUT2D eigenvalue weighted by molar-refractivity contribution is 6.26. The van der Waals surface area contributed by atoms with Crippen LogP contribution in [0.4, 0.5) is 0 Å². The number of benzene rings is 22. The molecule has 7 aromatic heterocycles. The number of furan rings is 3. The molecule has 0 saturated carbocycles. The molecule has 10 heteroatoms. The molecule has 0 fully saturated rings. The largest absolute Gasteiger partial charge is 0.456 e. The van der Waals surface area contributed by atoms with E-state index in [4.69, 9.17) is 43.2 Å². The summed E-state index contributed by atoms with van der Waals surface area (Å²) in [7, 11) is 0. The summed E-state index contributed by atoms with van der Waals surface area (Å²) >= 11 is 0. The van der Waals surface area contributed by atoms with Gasteiger partial charge in [-0.15, -0.1) is 0 Å². The first kappa shape index (κ1) is 79.1. The van der Waals surface area contributed by atoms with E-state index in [1.165, 1.54) is 75.7 Å². The minimum atomic E-state index is 0.858. The summed E-state index contributed by atoms with van der Waals surface area (Å²) in [6.07, 6.45) is 0. The molecule has 0 N–H and O–H groups in total. The normalized spacial score (nSPS) is 11.8. The van der Waals surface area contributed by atoms with Crippen molar-refractivity contribution in [3.63, 3.8) is 0 Å². The minimum absolute atomic E-state index is 0.858. The van der Waals surface area contributed by atoms with Crippen LogP contribution in [-0.4, -0.2) is 34.5 Å². The highest BCUT2D eigenvalue weighted by atomic mass is 16.3. The molecule has 29 aromatic rings. The fourth-order valence-electron chi connectivity index (χ4n) is 20.9. The average Bonchev–Trinajstić information content (AvgIpc) is 1.72. The van der Waals surface area contributed by atoms with E-state index in [1.54, 1.807) is 0 Å². The van der Waals surface area contributed by atoms with Gasteiger partial charge in [0.05, 0.1) is 78.3 Å². The highest BCUT2D eigenvalue weighted by Crippen LogP contribution is 2.47. The number of nitrogens with zero attached hydrogens (tertiary/aromatic N) is 7. The first-order valence-electron chi connectivity index (χ1n) is 46.6. The van der Waals surface area contributed by atoms with Crippen molar-refractivity contribution in [3.8, 4) is 107 Å². The molecule has 0 spiro atoms. The van der Waals surface area contributed by atoms with E-state index in [9.17, 15) is 0 Å². The second kappa shape index (κ2) is 32.7. The van der Waals surface area contributed by atoms with Crippen LogP contribution in [-0.2, 0) is 0 Å². The van der Waals surface area contributed by atoms with Crippen LogP contribution in [0.3, 0.4) is 0 Å². The van der Waals surface area contributed by atoms with Crippen LogP contribution in [0, 0.1) is 0 Å². The Labute approximate surface area is 790 Å². The second-order valence-corrected chi connectivity index (χ2v) is 35.3. The minimum Gasteiger partial charge on any atom is -0.456 e. The third-order valence-corrected chi connectivity index (χ3v) is 27.3. The summed E-state index contributed by atoms with van der Waals surface area (Å²) in [6.45, 7) is 0. The molecule has 0 aliphatic carbocycles. The van der Waals surface area contributed by atoms with Gasteiger partial charge in [0.25, 0.3) is 0 Å². The molecule has 0 aliphatic rings. The second-order valence-electron chi connectivity index (χ2n) is 35.3. The Balaban J connectivity index is 0.000000105. The summed E-state index contributed by atoms with van der Waals surface area (Å²) in [5.74, 6) is 0. The van der Waals surface area contributed by atoms with Crippen molar-refractivity contribution in [3.05, 3.63) is 467 Å². The quantitative estimate of drug-likeness (QED) is 0.123. The van der Waals surface area contributed by atoms with E-state index < -0.39 is 0 Å². The lowest BCUT2D eigenvalue weighted by Crippen LogP contribution is -1.97. The fourth-order valence-corrected chi connectivity index (χ4v) is 20.9. The van der Waals surface area contributed by atoms with Crippen molar-refractivity contribution in [1.82, 2.24) is 34.5 Å². The average molecular weight is 1760 g/mol. The predicted molar refractivity (Wildman–Crippen MR) is 571 cm³/mol. The third kappa shape index (κ3) is 13.5. The van der Waals surface area contributed by atoms with Gasteiger partial charge in [-0.05, 0) is 196 Å². The molecule has 0 saturated heterocycles. The molecule has 29 rings (SSSR count). The molecule has 7 heterocycles. The van der Waals surface area contributed by atoms with E-state index in [0.29, 0.717) is 0 Å². The van der Waals surface area contributed by atoms with Crippen molar-refractivity contribution < 1.29 is 13.3 Å². The molecule has 0 unspecified atom stereocenters. The van der Waals surface area contributed by atoms with Crippen LogP contribution in [0.5, 0.6) is 0 Å². The maximum Gasteiger partial charge on any atom is 0.136 e. The zero-order chi connectivity index (χ0) is 90.8. The molecule has 22 aromatic carbocycles. The summed E-state index contributed by atoms with van der Waals surface area (Å²) in [5.41, 5.74) is 32.4. The van der Waals surface area contributed by atoms with Crippen LogP contribution in [0.15, 0.2) is 480 Å². The number of rotatable bonds is 10. The summed E-state index contributed by atoms with van der Waals surface area (Å²) in [6, 6.07) is 163. The molecule has 642 valence electrons. The van der Waals surface area contributed by atoms with Crippen molar-refractivity contribution in [1.29, 1.82) is 0 Å². The topological polar surface area (TPSA) is 122 Å². The van der Waals surface area contributed by atoms with Gasteiger partial charge in [-0.25, -0.2) is 29.9 Å². The van der Waals surface area contributed by atoms with Gasteiger partial charge >= 0.3 is 0 Å². The highest BCUT2D eigenvalue weighted by Gasteiger charge is 2.24. The van der Waals surface area contributed by atoms with E-state index >= 15 is 0 Å². The summed E-state index contributed by atoms with van der Waals surface area (Å²) in [5, 5.41) is 21.7. The van der Waals surface area contributed by atoms with Gasteiger partial charge in [0, 0.05) is 82.2 Å². The van der Waals surface area contributed by atoms with Crippen molar-refractivity contribution in [2.45, 2.75) is 0 Å². The van der Waals surface area contributed by atoms with Crippen LogP contribution in [0.25, 0.3) is 281 Å². The smallest absolute Gasteiger partial charge is 0.136 e. The Morgan fingerprint density at radius 2 is 0.406 bits per heavy atom. The lowest BCUT2D eigenvalue weighted by atomic mass is 9.92. The Morgan fingerprint density at radius 1 is 0.152 bits per heavy atom.